The summed E-state index contributed by atoms with van der Waals surface area (Å²) < 4.78 is 14.4. The molecule has 0 atom stereocenters. The van der Waals surface area contributed by atoms with Crippen molar-refractivity contribution in [3.63, 3.8) is 0 Å². The van der Waals surface area contributed by atoms with Gasteiger partial charge in [-0.05, 0) is 62.3 Å². The molecular formula is C22H25N3O3S3. The van der Waals surface area contributed by atoms with E-state index in [1.165, 1.54) is 23.1 Å². The Balaban J connectivity index is 1.48. The van der Waals surface area contributed by atoms with Gasteiger partial charge in [0.25, 0.3) is 0 Å². The van der Waals surface area contributed by atoms with Crippen molar-refractivity contribution in [2.24, 2.45) is 0 Å². The van der Waals surface area contributed by atoms with E-state index in [0.29, 0.717) is 35.9 Å². The summed E-state index contributed by atoms with van der Waals surface area (Å²) in [5, 5.41) is 7.48. The van der Waals surface area contributed by atoms with Crippen LogP contribution in [-0.2, 0) is 11.2 Å². The van der Waals surface area contributed by atoms with Crippen molar-refractivity contribution in [1.82, 2.24) is 15.1 Å². The summed E-state index contributed by atoms with van der Waals surface area (Å²) in [6.07, 6.45) is 0.713. The minimum Gasteiger partial charge on any atom is -0.490 e. The first-order chi connectivity index (χ1) is 15.1. The van der Waals surface area contributed by atoms with Gasteiger partial charge in [-0.1, -0.05) is 47.4 Å². The predicted molar refractivity (Wildman–Crippen MR) is 128 cm³/mol. The lowest BCUT2D eigenvalue weighted by Gasteiger charge is -2.12. The fraction of sp³-hybridized carbons (Fsp3) is 0.318. The topological polar surface area (TPSA) is 65.4 Å². The number of rotatable bonds is 11. The van der Waals surface area contributed by atoms with Crippen LogP contribution in [0.2, 0.25) is 0 Å². The smallest absolute Gasteiger partial charge is 0.230 e. The van der Waals surface area contributed by atoms with Crippen LogP contribution in [0.3, 0.4) is 0 Å². The van der Waals surface area contributed by atoms with E-state index in [0.717, 1.165) is 27.1 Å². The highest BCUT2D eigenvalue weighted by Gasteiger charge is 2.10. The van der Waals surface area contributed by atoms with Gasteiger partial charge in [0.1, 0.15) is 0 Å². The van der Waals surface area contributed by atoms with E-state index in [2.05, 4.69) is 10.4 Å². The highest BCUT2D eigenvalue weighted by molar-refractivity contribution is 8.01. The van der Waals surface area contributed by atoms with E-state index in [-0.39, 0.29) is 5.91 Å². The van der Waals surface area contributed by atoms with Gasteiger partial charge in [0.05, 0.1) is 24.7 Å². The third-order valence-electron chi connectivity index (χ3n) is 4.20. The van der Waals surface area contributed by atoms with Gasteiger partial charge in [-0.3, -0.25) is 4.79 Å². The first kappa shape index (κ1) is 23.3. The normalized spacial score (nSPS) is 10.6. The van der Waals surface area contributed by atoms with E-state index in [1.54, 1.807) is 4.68 Å². The number of benzene rings is 2. The molecule has 0 unspecified atom stereocenters. The van der Waals surface area contributed by atoms with Crippen LogP contribution < -0.4 is 14.8 Å². The number of hydrogen-bond acceptors (Lipinski definition) is 7. The van der Waals surface area contributed by atoms with Crippen LogP contribution in [0.4, 0.5) is 0 Å². The number of nitrogens with one attached hydrogen (secondary N) is 1. The van der Waals surface area contributed by atoms with Gasteiger partial charge in [0.2, 0.25) is 5.91 Å². The van der Waals surface area contributed by atoms with Crippen molar-refractivity contribution >= 4 is 41.2 Å². The zero-order chi connectivity index (χ0) is 22.1. The number of aromatic nitrogens is 2. The number of carbonyl (C=O) groups is 1. The maximum absolute atomic E-state index is 12.2. The summed E-state index contributed by atoms with van der Waals surface area (Å²) in [6, 6.07) is 15.6. The highest BCUT2D eigenvalue weighted by atomic mass is 32.2. The monoisotopic (exact) mass is 475 g/mol. The molecule has 0 aliphatic carbocycles. The van der Waals surface area contributed by atoms with Crippen molar-refractivity contribution in [3.05, 3.63) is 58.0 Å². The van der Waals surface area contributed by atoms with Gasteiger partial charge in [0.15, 0.2) is 19.8 Å². The highest BCUT2D eigenvalue weighted by Crippen LogP contribution is 2.28. The number of thioether (sulfide) groups is 1. The molecule has 3 aromatic rings. The molecule has 31 heavy (non-hydrogen) atoms. The van der Waals surface area contributed by atoms with E-state index < -0.39 is 0 Å². The number of ether oxygens (including phenoxy) is 2. The first-order valence-electron chi connectivity index (χ1n) is 10.0. The van der Waals surface area contributed by atoms with Crippen molar-refractivity contribution < 1.29 is 14.3 Å². The SMILES string of the molecule is CCOc1ccc(CCNC(=O)CSc2nn(-c3ccccc3)c(=S)s2)cc1OCC. The van der Waals surface area contributed by atoms with E-state index in [1.807, 2.05) is 62.4 Å². The molecular weight excluding hydrogens is 450 g/mol. The Morgan fingerprint density at radius 3 is 2.61 bits per heavy atom. The average Bonchev–Trinajstić information content (AvgIpc) is 3.15. The molecule has 1 heterocycles. The Bertz CT molecular complexity index is 1050. The van der Waals surface area contributed by atoms with Crippen molar-refractivity contribution in [2.75, 3.05) is 25.5 Å². The Morgan fingerprint density at radius 2 is 1.87 bits per heavy atom. The molecule has 0 spiro atoms. The van der Waals surface area contributed by atoms with E-state index in [4.69, 9.17) is 21.7 Å². The molecule has 0 saturated heterocycles. The Morgan fingerprint density at radius 1 is 1.13 bits per heavy atom. The molecule has 1 aromatic heterocycles. The largest absolute Gasteiger partial charge is 0.490 e. The molecule has 0 aliphatic heterocycles. The average molecular weight is 476 g/mol. The van der Waals surface area contributed by atoms with Crippen LogP contribution in [0.15, 0.2) is 52.9 Å². The fourth-order valence-electron chi connectivity index (χ4n) is 2.83. The maximum atomic E-state index is 12.2. The van der Waals surface area contributed by atoms with Gasteiger partial charge in [-0.25, -0.2) is 4.68 Å². The summed E-state index contributed by atoms with van der Waals surface area (Å²) in [6.45, 7) is 5.60. The summed E-state index contributed by atoms with van der Waals surface area (Å²) in [4.78, 5) is 12.2. The van der Waals surface area contributed by atoms with Crippen molar-refractivity contribution in [1.29, 1.82) is 0 Å². The third-order valence-corrected chi connectivity index (χ3v) is 6.57. The van der Waals surface area contributed by atoms with Crippen LogP contribution in [0.1, 0.15) is 19.4 Å². The molecule has 0 bridgehead atoms. The Kier molecular flexibility index (Phi) is 8.93. The predicted octanol–water partition coefficient (Wildman–Crippen LogP) is 4.91. The number of carbonyl (C=O) groups excluding carboxylic acids is 1. The zero-order valence-electron chi connectivity index (χ0n) is 17.5. The van der Waals surface area contributed by atoms with Crippen LogP contribution in [-0.4, -0.2) is 41.2 Å². The molecule has 1 amide bonds. The van der Waals surface area contributed by atoms with Gasteiger partial charge in [0, 0.05) is 6.54 Å². The number of amides is 1. The van der Waals surface area contributed by atoms with Crippen molar-refractivity contribution in [3.8, 4) is 17.2 Å². The van der Waals surface area contributed by atoms with Crippen LogP contribution in [0, 0.1) is 3.95 Å². The quantitative estimate of drug-likeness (QED) is 0.314. The second-order valence-electron chi connectivity index (χ2n) is 6.42. The van der Waals surface area contributed by atoms with Crippen molar-refractivity contribution in [2.45, 2.75) is 24.6 Å². The molecule has 1 N–H and O–H groups in total. The first-order valence-corrected chi connectivity index (χ1v) is 12.2. The van der Waals surface area contributed by atoms with Gasteiger partial charge >= 0.3 is 0 Å². The number of nitrogens with zero attached hydrogens (tertiary/aromatic N) is 2. The lowest BCUT2D eigenvalue weighted by atomic mass is 10.1. The van der Waals surface area contributed by atoms with Crippen LogP contribution in [0.25, 0.3) is 5.69 Å². The van der Waals surface area contributed by atoms with E-state index >= 15 is 0 Å². The minimum atomic E-state index is -0.0339. The third kappa shape index (κ3) is 6.81. The molecule has 164 valence electrons. The van der Waals surface area contributed by atoms with Gasteiger partial charge < -0.3 is 14.8 Å². The second-order valence-corrected chi connectivity index (χ2v) is 9.26. The molecule has 0 radical (unpaired) electrons. The molecule has 0 saturated carbocycles. The van der Waals surface area contributed by atoms with Crippen LogP contribution in [0.5, 0.6) is 11.5 Å². The zero-order valence-corrected chi connectivity index (χ0v) is 19.9. The summed E-state index contributed by atoms with van der Waals surface area (Å²) >= 11 is 8.20. The fourth-order valence-corrected chi connectivity index (χ4v) is 5.02. The standard InChI is InChI=1S/C22H25N3O3S3/c1-3-27-18-11-10-16(14-19(18)28-4-2)12-13-23-20(26)15-30-21-24-25(22(29)31-21)17-8-6-5-7-9-17/h5-11,14H,3-4,12-13,15H2,1-2H3,(H,23,26). The van der Waals surface area contributed by atoms with E-state index in [9.17, 15) is 4.79 Å². The molecule has 3 rings (SSSR count). The molecule has 9 heteroatoms. The van der Waals surface area contributed by atoms with Crippen LogP contribution >= 0.6 is 35.3 Å². The number of para-hydroxylation sites is 1. The summed E-state index contributed by atoms with van der Waals surface area (Å²) in [7, 11) is 0. The van der Waals surface area contributed by atoms with Gasteiger partial charge in [-0.15, -0.1) is 5.10 Å². The molecule has 0 fully saturated rings. The molecule has 6 nitrogen and oxygen atoms in total. The number of hydrogen-bond donors (Lipinski definition) is 1. The summed E-state index contributed by atoms with van der Waals surface area (Å²) in [5.41, 5.74) is 2.00. The molecule has 0 aliphatic rings. The molecule has 2 aromatic carbocycles. The maximum Gasteiger partial charge on any atom is 0.230 e. The lowest BCUT2D eigenvalue weighted by Crippen LogP contribution is -2.27. The Hall–Kier alpha value is -2.36. The summed E-state index contributed by atoms with van der Waals surface area (Å²) in [5.74, 6) is 1.74. The second kappa shape index (κ2) is 11.9. The van der Waals surface area contributed by atoms with Gasteiger partial charge in [-0.2, -0.15) is 0 Å². The lowest BCUT2D eigenvalue weighted by molar-refractivity contribution is -0.118. The minimum absolute atomic E-state index is 0.0339. The Labute approximate surface area is 195 Å².